The Kier molecular flexibility index (Phi) is 5.56. The first-order valence-corrected chi connectivity index (χ1v) is 5.39. The van der Waals surface area contributed by atoms with E-state index >= 15 is 0 Å². The topological polar surface area (TPSA) is 55.8 Å². The molecule has 0 aromatic rings. The van der Waals surface area contributed by atoms with Gasteiger partial charge in [-0.25, -0.2) is 0 Å². The largest absolute Gasteiger partial charge is 0.502 e. The second-order valence-corrected chi connectivity index (χ2v) is 3.44. The molecule has 0 aliphatic carbocycles. The van der Waals surface area contributed by atoms with E-state index in [0.29, 0.717) is 39.2 Å². The Labute approximate surface area is 95.0 Å². The van der Waals surface area contributed by atoms with E-state index in [9.17, 15) is 9.59 Å². The van der Waals surface area contributed by atoms with Crippen LogP contribution in [0.3, 0.4) is 0 Å². The number of amides is 2. The van der Waals surface area contributed by atoms with Crippen molar-refractivity contribution in [2.24, 2.45) is 0 Å². The smallest absolute Gasteiger partial charge is 0.229 e. The van der Waals surface area contributed by atoms with Gasteiger partial charge >= 0.3 is 0 Å². The summed E-state index contributed by atoms with van der Waals surface area (Å²) in [4.78, 5) is 23.7. The number of carbonyl (C=O) groups is 2. The van der Waals surface area contributed by atoms with Crippen molar-refractivity contribution in [1.82, 2.24) is 4.90 Å². The van der Waals surface area contributed by atoms with Crippen LogP contribution in [0.15, 0.2) is 12.8 Å². The summed E-state index contributed by atoms with van der Waals surface area (Å²) in [6.07, 6.45) is 2.84. The molecule has 0 radical (unpaired) electrons. The molecule has 0 bridgehead atoms. The van der Waals surface area contributed by atoms with Crippen molar-refractivity contribution in [3.63, 3.8) is 0 Å². The maximum atomic E-state index is 11.2. The molecular weight excluding hydrogens is 210 g/mol. The average molecular weight is 227 g/mol. The highest BCUT2D eigenvalue weighted by Crippen LogP contribution is 2.10. The van der Waals surface area contributed by atoms with Crippen LogP contribution in [0.2, 0.25) is 0 Å². The molecule has 16 heavy (non-hydrogen) atoms. The van der Waals surface area contributed by atoms with Crippen LogP contribution in [0.5, 0.6) is 0 Å². The van der Waals surface area contributed by atoms with E-state index in [-0.39, 0.29) is 11.8 Å². The molecule has 5 nitrogen and oxygen atoms in total. The van der Waals surface area contributed by atoms with Gasteiger partial charge in [0.25, 0.3) is 0 Å². The normalized spacial score (nSPS) is 15.6. The molecule has 1 rings (SSSR count). The van der Waals surface area contributed by atoms with E-state index in [4.69, 9.17) is 9.47 Å². The van der Waals surface area contributed by atoms with Crippen LogP contribution >= 0.6 is 0 Å². The first-order valence-electron chi connectivity index (χ1n) is 5.39. The van der Waals surface area contributed by atoms with Gasteiger partial charge in [-0.15, -0.1) is 0 Å². The summed E-state index contributed by atoms with van der Waals surface area (Å²) >= 11 is 0. The van der Waals surface area contributed by atoms with Crippen LogP contribution in [-0.4, -0.2) is 43.1 Å². The van der Waals surface area contributed by atoms with Gasteiger partial charge in [-0.05, 0) is 0 Å². The van der Waals surface area contributed by atoms with E-state index in [1.165, 1.54) is 11.2 Å². The third-order valence-corrected chi connectivity index (χ3v) is 2.28. The van der Waals surface area contributed by atoms with Gasteiger partial charge in [0.1, 0.15) is 0 Å². The average Bonchev–Trinajstić information content (AvgIpc) is 2.59. The molecule has 0 atom stereocenters. The number of imide groups is 1. The molecule has 5 heteroatoms. The van der Waals surface area contributed by atoms with Crippen molar-refractivity contribution in [3.8, 4) is 0 Å². The zero-order valence-corrected chi connectivity index (χ0v) is 9.31. The molecule has 0 saturated carbocycles. The quantitative estimate of drug-likeness (QED) is 0.348. The zero-order valence-electron chi connectivity index (χ0n) is 9.31. The molecule has 1 fully saturated rings. The monoisotopic (exact) mass is 227 g/mol. The molecular formula is C11H17NO4. The van der Waals surface area contributed by atoms with Gasteiger partial charge in [0, 0.05) is 25.9 Å². The second kappa shape index (κ2) is 7.00. The summed E-state index contributed by atoms with van der Waals surface area (Å²) in [5.41, 5.74) is 0. The minimum absolute atomic E-state index is 0.0939. The summed E-state index contributed by atoms with van der Waals surface area (Å²) in [6, 6.07) is 0. The number of hydrogen-bond acceptors (Lipinski definition) is 4. The maximum absolute atomic E-state index is 11.2. The number of hydrogen-bond donors (Lipinski definition) is 0. The predicted octanol–water partition coefficient (Wildman–Crippen LogP) is 0.702. The van der Waals surface area contributed by atoms with Crippen LogP contribution in [0.4, 0.5) is 0 Å². The molecule has 2 amide bonds. The van der Waals surface area contributed by atoms with E-state index < -0.39 is 0 Å². The fraction of sp³-hybridized carbons (Fsp3) is 0.636. The lowest BCUT2D eigenvalue weighted by Crippen LogP contribution is -2.32. The lowest BCUT2D eigenvalue weighted by atomic mass is 10.4. The Balaban J connectivity index is 2.00. The van der Waals surface area contributed by atoms with Crippen LogP contribution < -0.4 is 0 Å². The van der Waals surface area contributed by atoms with E-state index in [2.05, 4.69) is 6.58 Å². The molecule has 0 spiro atoms. The van der Waals surface area contributed by atoms with Gasteiger partial charge in [-0.1, -0.05) is 6.58 Å². The van der Waals surface area contributed by atoms with Crippen molar-refractivity contribution in [1.29, 1.82) is 0 Å². The van der Waals surface area contributed by atoms with Gasteiger partial charge in [0.2, 0.25) is 11.8 Å². The van der Waals surface area contributed by atoms with Crippen molar-refractivity contribution in [2.45, 2.75) is 19.3 Å². The van der Waals surface area contributed by atoms with Crippen LogP contribution in [0, 0.1) is 0 Å². The number of carbonyl (C=O) groups excluding carboxylic acids is 2. The Morgan fingerprint density at radius 2 is 1.88 bits per heavy atom. The fourth-order valence-electron chi connectivity index (χ4n) is 1.46. The van der Waals surface area contributed by atoms with Crippen molar-refractivity contribution in [2.75, 3.05) is 26.4 Å². The van der Waals surface area contributed by atoms with Gasteiger partial charge in [0.05, 0.1) is 26.0 Å². The molecule has 1 aliphatic rings. The van der Waals surface area contributed by atoms with Crippen molar-refractivity contribution >= 4 is 11.8 Å². The van der Waals surface area contributed by atoms with Gasteiger partial charge in [-0.3, -0.25) is 14.5 Å². The molecule has 1 heterocycles. The first-order chi connectivity index (χ1) is 7.75. The minimum Gasteiger partial charge on any atom is -0.502 e. The SMILES string of the molecule is C=COCCCOCCN1C(=O)CCC1=O. The van der Waals surface area contributed by atoms with Crippen LogP contribution in [0.25, 0.3) is 0 Å². The van der Waals surface area contributed by atoms with Gasteiger partial charge < -0.3 is 9.47 Å². The van der Waals surface area contributed by atoms with Crippen LogP contribution in [-0.2, 0) is 19.1 Å². The second-order valence-electron chi connectivity index (χ2n) is 3.44. The molecule has 0 aromatic carbocycles. The number of likely N-dealkylation sites (tertiary alicyclic amines) is 1. The minimum atomic E-state index is -0.0939. The van der Waals surface area contributed by atoms with Crippen molar-refractivity contribution < 1.29 is 19.1 Å². The van der Waals surface area contributed by atoms with Crippen LogP contribution in [0.1, 0.15) is 19.3 Å². The molecule has 1 aliphatic heterocycles. The number of nitrogens with zero attached hydrogens (tertiary/aromatic N) is 1. The first kappa shape index (κ1) is 12.7. The summed E-state index contributed by atoms with van der Waals surface area (Å²) < 4.78 is 10.2. The highest BCUT2D eigenvalue weighted by molar-refractivity contribution is 6.01. The molecule has 1 saturated heterocycles. The Morgan fingerprint density at radius 1 is 1.19 bits per heavy atom. The predicted molar refractivity (Wildman–Crippen MR) is 57.5 cm³/mol. The molecule has 0 N–H and O–H groups in total. The third-order valence-electron chi connectivity index (χ3n) is 2.28. The zero-order chi connectivity index (χ0) is 11.8. The Bertz CT molecular complexity index is 249. The Morgan fingerprint density at radius 3 is 2.50 bits per heavy atom. The maximum Gasteiger partial charge on any atom is 0.229 e. The van der Waals surface area contributed by atoms with E-state index in [0.717, 1.165) is 6.42 Å². The standard InChI is InChI=1S/C11H17NO4/c1-2-15-7-3-8-16-9-6-12-10(13)4-5-11(12)14/h2H,1,3-9H2. The lowest BCUT2D eigenvalue weighted by Gasteiger charge is -2.13. The number of rotatable bonds is 8. The highest BCUT2D eigenvalue weighted by atomic mass is 16.5. The lowest BCUT2D eigenvalue weighted by molar-refractivity contribution is -0.139. The summed E-state index contributed by atoms with van der Waals surface area (Å²) in [7, 11) is 0. The summed E-state index contributed by atoms with van der Waals surface area (Å²) in [5, 5.41) is 0. The number of ether oxygens (including phenoxy) is 2. The van der Waals surface area contributed by atoms with Gasteiger partial charge in [0.15, 0.2) is 0 Å². The summed E-state index contributed by atoms with van der Waals surface area (Å²) in [6.45, 7) is 5.31. The third kappa shape index (κ3) is 4.02. The van der Waals surface area contributed by atoms with Gasteiger partial charge in [-0.2, -0.15) is 0 Å². The molecule has 0 unspecified atom stereocenters. The molecule has 0 aromatic heterocycles. The fourth-order valence-corrected chi connectivity index (χ4v) is 1.46. The van der Waals surface area contributed by atoms with E-state index in [1.807, 2.05) is 0 Å². The summed E-state index contributed by atoms with van der Waals surface area (Å²) in [5.74, 6) is -0.188. The molecule has 90 valence electrons. The Hall–Kier alpha value is -1.36. The van der Waals surface area contributed by atoms with Crippen molar-refractivity contribution in [3.05, 3.63) is 12.8 Å². The highest BCUT2D eigenvalue weighted by Gasteiger charge is 2.27. The van der Waals surface area contributed by atoms with E-state index in [1.54, 1.807) is 0 Å².